The zero-order valence-corrected chi connectivity index (χ0v) is 12.8. The van der Waals surface area contributed by atoms with Crippen molar-refractivity contribution in [1.82, 2.24) is 4.90 Å². The lowest BCUT2D eigenvalue weighted by atomic mass is 9.97. The largest absolute Gasteiger partial charge is 0.369 e. The molecule has 0 saturated carbocycles. The maximum atomic E-state index is 12.1. The summed E-state index contributed by atoms with van der Waals surface area (Å²) in [7, 11) is 0. The number of halogens is 1. The van der Waals surface area contributed by atoms with Gasteiger partial charge in [-0.15, -0.1) is 0 Å². The molecule has 1 aliphatic rings. The number of rotatable bonds is 4. The predicted octanol–water partition coefficient (Wildman–Crippen LogP) is 1.78. The summed E-state index contributed by atoms with van der Waals surface area (Å²) in [6.07, 6.45) is 1.69. The predicted molar refractivity (Wildman–Crippen MR) is 83.2 cm³/mol. The standard InChI is InChI=1S/C15H20ClN3O2/c1-10-12(16)5-2-6-13(10)18-14(20)9-19-7-3-4-11(8-19)15(17)21/h2,5-6,11H,3-4,7-9H2,1H3,(H2,17,21)(H,18,20)/t11-/m0/s1. The summed E-state index contributed by atoms with van der Waals surface area (Å²) in [6, 6.07) is 5.41. The van der Waals surface area contributed by atoms with Crippen molar-refractivity contribution in [2.24, 2.45) is 11.7 Å². The second-order valence-electron chi connectivity index (χ2n) is 5.44. The van der Waals surface area contributed by atoms with Gasteiger partial charge < -0.3 is 11.1 Å². The van der Waals surface area contributed by atoms with E-state index in [0.29, 0.717) is 11.6 Å². The minimum absolute atomic E-state index is 0.106. The SMILES string of the molecule is Cc1c(Cl)cccc1NC(=O)CN1CCC[C@H](C(N)=O)C1. The summed E-state index contributed by atoms with van der Waals surface area (Å²) in [5.74, 6) is -0.546. The topological polar surface area (TPSA) is 75.4 Å². The zero-order valence-electron chi connectivity index (χ0n) is 12.1. The molecule has 114 valence electrons. The minimum atomic E-state index is -0.286. The van der Waals surface area contributed by atoms with E-state index in [1.807, 2.05) is 17.9 Å². The van der Waals surface area contributed by atoms with Gasteiger partial charge in [-0.1, -0.05) is 17.7 Å². The first-order valence-corrected chi connectivity index (χ1v) is 7.42. The molecule has 1 saturated heterocycles. The highest BCUT2D eigenvalue weighted by Crippen LogP contribution is 2.23. The van der Waals surface area contributed by atoms with Crippen LogP contribution in [-0.2, 0) is 9.59 Å². The molecule has 21 heavy (non-hydrogen) atoms. The Labute approximate surface area is 129 Å². The van der Waals surface area contributed by atoms with E-state index in [0.717, 1.165) is 30.6 Å². The molecule has 2 amide bonds. The maximum absolute atomic E-state index is 12.1. The van der Waals surface area contributed by atoms with E-state index in [4.69, 9.17) is 17.3 Å². The van der Waals surface area contributed by atoms with E-state index in [-0.39, 0.29) is 24.3 Å². The van der Waals surface area contributed by atoms with Crippen LogP contribution in [-0.4, -0.2) is 36.3 Å². The van der Waals surface area contributed by atoms with Crippen molar-refractivity contribution in [3.8, 4) is 0 Å². The van der Waals surface area contributed by atoms with Crippen LogP contribution < -0.4 is 11.1 Å². The van der Waals surface area contributed by atoms with Crippen molar-refractivity contribution < 1.29 is 9.59 Å². The molecule has 2 rings (SSSR count). The van der Waals surface area contributed by atoms with Gasteiger partial charge in [0.05, 0.1) is 12.5 Å². The van der Waals surface area contributed by atoms with E-state index in [1.54, 1.807) is 12.1 Å². The first kappa shape index (κ1) is 15.8. The summed E-state index contributed by atoms with van der Waals surface area (Å²) < 4.78 is 0. The second kappa shape index (κ2) is 6.91. The van der Waals surface area contributed by atoms with Crippen LogP contribution >= 0.6 is 11.6 Å². The van der Waals surface area contributed by atoms with Crippen LogP contribution in [0.15, 0.2) is 18.2 Å². The van der Waals surface area contributed by atoms with Crippen molar-refractivity contribution in [3.05, 3.63) is 28.8 Å². The third-order valence-corrected chi connectivity index (χ3v) is 4.23. The fourth-order valence-corrected chi connectivity index (χ4v) is 2.74. The Hall–Kier alpha value is -1.59. The number of hydrogen-bond donors (Lipinski definition) is 2. The molecule has 1 aliphatic heterocycles. The zero-order chi connectivity index (χ0) is 15.4. The van der Waals surface area contributed by atoms with Crippen LogP contribution in [0.2, 0.25) is 5.02 Å². The number of carbonyl (C=O) groups is 2. The van der Waals surface area contributed by atoms with Crippen molar-refractivity contribution in [2.75, 3.05) is 25.0 Å². The van der Waals surface area contributed by atoms with Gasteiger partial charge in [0.1, 0.15) is 0 Å². The first-order chi connectivity index (χ1) is 9.97. The Kier molecular flexibility index (Phi) is 5.20. The van der Waals surface area contributed by atoms with Crippen molar-refractivity contribution in [3.63, 3.8) is 0 Å². The molecule has 0 aromatic heterocycles. The van der Waals surface area contributed by atoms with Crippen LogP contribution in [0.3, 0.4) is 0 Å². The van der Waals surface area contributed by atoms with Gasteiger partial charge in [-0.05, 0) is 44.0 Å². The summed E-state index contributed by atoms with van der Waals surface area (Å²) >= 11 is 6.03. The summed E-state index contributed by atoms with van der Waals surface area (Å²) in [4.78, 5) is 25.3. The fraction of sp³-hybridized carbons (Fsp3) is 0.467. The number of primary amides is 1. The van der Waals surface area contributed by atoms with E-state index in [9.17, 15) is 9.59 Å². The third kappa shape index (κ3) is 4.19. The van der Waals surface area contributed by atoms with Gasteiger partial charge >= 0.3 is 0 Å². The van der Waals surface area contributed by atoms with E-state index >= 15 is 0 Å². The Morgan fingerprint density at radius 2 is 2.24 bits per heavy atom. The maximum Gasteiger partial charge on any atom is 0.238 e. The number of benzene rings is 1. The van der Waals surface area contributed by atoms with Crippen LogP contribution in [0.1, 0.15) is 18.4 Å². The second-order valence-corrected chi connectivity index (χ2v) is 5.84. The first-order valence-electron chi connectivity index (χ1n) is 7.04. The lowest BCUT2D eigenvalue weighted by molar-refractivity contribution is -0.125. The number of anilines is 1. The summed E-state index contributed by atoms with van der Waals surface area (Å²) in [5, 5.41) is 3.49. The summed E-state index contributed by atoms with van der Waals surface area (Å²) in [6.45, 7) is 3.49. The molecule has 1 fully saturated rings. The number of nitrogens with two attached hydrogens (primary N) is 1. The van der Waals surface area contributed by atoms with Crippen molar-refractivity contribution in [2.45, 2.75) is 19.8 Å². The van der Waals surface area contributed by atoms with Gasteiger partial charge in [0.25, 0.3) is 0 Å². The van der Waals surface area contributed by atoms with Crippen molar-refractivity contribution in [1.29, 1.82) is 0 Å². The highest BCUT2D eigenvalue weighted by atomic mass is 35.5. The fourth-order valence-electron chi connectivity index (χ4n) is 2.57. The molecular weight excluding hydrogens is 290 g/mol. The minimum Gasteiger partial charge on any atom is -0.369 e. The molecule has 0 aliphatic carbocycles. The lowest BCUT2D eigenvalue weighted by Crippen LogP contribution is -2.44. The number of piperidine rings is 1. The van der Waals surface area contributed by atoms with Crippen LogP contribution in [0.25, 0.3) is 0 Å². The number of amides is 2. The number of nitrogens with one attached hydrogen (secondary N) is 1. The van der Waals surface area contributed by atoms with Crippen molar-refractivity contribution >= 4 is 29.1 Å². The average molecular weight is 310 g/mol. The van der Waals surface area contributed by atoms with Gasteiger partial charge in [-0.3, -0.25) is 14.5 Å². The summed E-state index contributed by atoms with van der Waals surface area (Å²) in [5.41, 5.74) is 6.91. The molecule has 0 radical (unpaired) electrons. The Morgan fingerprint density at radius 3 is 2.95 bits per heavy atom. The average Bonchev–Trinajstić information content (AvgIpc) is 2.44. The van der Waals surface area contributed by atoms with E-state index in [2.05, 4.69) is 5.32 Å². The van der Waals surface area contributed by atoms with Gasteiger partial charge in [0.15, 0.2) is 0 Å². The lowest BCUT2D eigenvalue weighted by Gasteiger charge is -2.30. The van der Waals surface area contributed by atoms with Gasteiger partial charge in [0.2, 0.25) is 11.8 Å². The Balaban J connectivity index is 1.92. The van der Waals surface area contributed by atoms with E-state index < -0.39 is 0 Å². The van der Waals surface area contributed by atoms with Gasteiger partial charge in [-0.2, -0.15) is 0 Å². The quantitative estimate of drug-likeness (QED) is 0.890. The van der Waals surface area contributed by atoms with Crippen LogP contribution in [0.5, 0.6) is 0 Å². The molecule has 0 spiro atoms. The van der Waals surface area contributed by atoms with Crippen LogP contribution in [0, 0.1) is 12.8 Å². The number of carbonyl (C=O) groups excluding carboxylic acids is 2. The Bertz CT molecular complexity index is 548. The number of nitrogens with zero attached hydrogens (tertiary/aromatic N) is 1. The molecule has 6 heteroatoms. The molecule has 1 heterocycles. The molecule has 0 unspecified atom stereocenters. The molecule has 0 bridgehead atoms. The normalized spacial score (nSPS) is 19.2. The molecular formula is C15H20ClN3O2. The van der Waals surface area contributed by atoms with Gasteiger partial charge in [-0.25, -0.2) is 0 Å². The molecule has 1 atom stereocenters. The number of hydrogen-bond acceptors (Lipinski definition) is 3. The monoisotopic (exact) mass is 309 g/mol. The molecule has 1 aromatic carbocycles. The van der Waals surface area contributed by atoms with Crippen LogP contribution in [0.4, 0.5) is 5.69 Å². The highest BCUT2D eigenvalue weighted by molar-refractivity contribution is 6.31. The third-order valence-electron chi connectivity index (χ3n) is 3.82. The Morgan fingerprint density at radius 1 is 1.48 bits per heavy atom. The van der Waals surface area contributed by atoms with E-state index in [1.165, 1.54) is 0 Å². The highest BCUT2D eigenvalue weighted by Gasteiger charge is 2.25. The molecule has 3 N–H and O–H groups in total. The van der Waals surface area contributed by atoms with Gasteiger partial charge in [0, 0.05) is 17.3 Å². The smallest absolute Gasteiger partial charge is 0.238 e. The molecule has 1 aromatic rings. The molecule has 5 nitrogen and oxygen atoms in total. The number of likely N-dealkylation sites (tertiary alicyclic amines) is 1.